The van der Waals surface area contributed by atoms with Crippen LogP contribution in [-0.4, -0.2) is 48.9 Å². The summed E-state index contributed by atoms with van der Waals surface area (Å²) >= 11 is 0. The van der Waals surface area contributed by atoms with Crippen LogP contribution in [0.15, 0.2) is 0 Å². The lowest BCUT2D eigenvalue weighted by Gasteiger charge is -2.34. The zero-order valence-electron chi connectivity index (χ0n) is 14.1. The smallest absolute Gasteiger partial charge is 0.225 e. The van der Waals surface area contributed by atoms with Crippen LogP contribution in [0.3, 0.4) is 0 Å². The summed E-state index contributed by atoms with van der Waals surface area (Å²) in [6.07, 6.45) is 7.28. The molecule has 0 aromatic carbocycles. The van der Waals surface area contributed by atoms with Gasteiger partial charge in [-0.05, 0) is 44.2 Å². The molecule has 1 saturated carbocycles. The number of halogens is 1. The van der Waals surface area contributed by atoms with Gasteiger partial charge in [-0.15, -0.1) is 12.4 Å². The molecule has 0 radical (unpaired) electrons. The van der Waals surface area contributed by atoms with Gasteiger partial charge in [0.05, 0.1) is 5.92 Å². The number of hydrogen-bond acceptors (Lipinski definition) is 3. The summed E-state index contributed by atoms with van der Waals surface area (Å²) < 4.78 is 0. The Hall–Kier alpha value is -0.810. The van der Waals surface area contributed by atoms with Crippen LogP contribution in [-0.2, 0) is 9.59 Å². The third kappa shape index (κ3) is 4.38. The van der Waals surface area contributed by atoms with Crippen LogP contribution in [0.4, 0.5) is 0 Å². The van der Waals surface area contributed by atoms with E-state index in [0.29, 0.717) is 19.0 Å². The van der Waals surface area contributed by atoms with Crippen LogP contribution in [0, 0.1) is 11.3 Å². The van der Waals surface area contributed by atoms with E-state index in [2.05, 4.69) is 17.6 Å². The number of amides is 2. The summed E-state index contributed by atoms with van der Waals surface area (Å²) in [5.74, 6) is 0.118. The Bertz CT molecular complexity index is 432. The summed E-state index contributed by atoms with van der Waals surface area (Å²) in [4.78, 5) is 26.6. The Morgan fingerprint density at radius 3 is 2.61 bits per heavy atom. The van der Waals surface area contributed by atoms with Gasteiger partial charge in [-0.2, -0.15) is 0 Å². The Kier molecular flexibility index (Phi) is 6.32. The van der Waals surface area contributed by atoms with Crippen molar-refractivity contribution in [3.63, 3.8) is 0 Å². The molecule has 1 aliphatic carbocycles. The predicted octanol–water partition coefficient (Wildman–Crippen LogP) is 1.71. The van der Waals surface area contributed by atoms with E-state index < -0.39 is 0 Å². The van der Waals surface area contributed by atoms with Gasteiger partial charge in [-0.25, -0.2) is 0 Å². The first-order valence-electron chi connectivity index (χ1n) is 8.85. The van der Waals surface area contributed by atoms with Gasteiger partial charge in [0.2, 0.25) is 11.8 Å². The number of piperidine rings is 1. The van der Waals surface area contributed by atoms with Gasteiger partial charge in [0.15, 0.2) is 0 Å². The van der Waals surface area contributed by atoms with Crippen molar-refractivity contribution in [2.75, 3.05) is 26.2 Å². The lowest BCUT2D eigenvalue weighted by molar-refractivity contribution is -0.130. The van der Waals surface area contributed by atoms with Crippen molar-refractivity contribution < 1.29 is 9.59 Å². The van der Waals surface area contributed by atoms with Crippen LogP contribution in [0.2, 0.25) is 0 Å². The van der Waals surface area contributed by atoms with Crippen molar-refractivity contribution in [2.24, 2.45) is 11.3 Å². The molecular weight excluding hydrogens is 314 g/mol. The average molecular weight is 344 g/mol. The average Bonchev–Trinajstić information content (AvgIpc) is 3.15. The molecule has 3 aliphatic rings. The topological polar surface area (TPSA) is 61.4 Å². The second-order valence-electron chi connectivity index (χ2n) is 7.66. The van der Waals surface area contributed by atoms with Crippen LogP contribution >= 0.6 is 12.4 Å². The molecule has 5 nitrogen and oxygen atoms in total. The summed E-state index contributed by atoms with van der Waals surface area (Å²) in [7, 11) is 0. The molecule has 2 saturated heterocycles. The molecule has 2 N–H and O–H groups in total. The van der Waals surface area contributed by atoms with E-state index in [4.69, 9.17) is 0 Å². The van der Waals surface area contributed by atoms with E-state index in [1.807, 2.05) is 4.90 Å². The summed E-state index contributed by atoms with van der Waals surface area (Å²) in [6.45, 7) is 5.68. The highest BCUT2D eigenvalue weighted by Gasteiger charge is 2.39. The number of carbonyl (C=O) groups is 2. The van der Waals surface area contributed by atoms with Crippen molar-refractivity contribution >= 4 is 24.2 Å². The molecule has 3 rings (SSSR count). The number of nitrogens with zero attached hydrogens (tertiary/aromatic N) is 1. The standard InChI is InChI=1S/C17H29N3O2.ClH/c1-17(6-8-18-9-7-17)12-19-16(22)13-10-15(21)20(11-13)14-4-2-3-5-14;/h13-14,18H,2-12H2,1H3,(H,19,22);1H. The highest BCUT2D eigenvalue weighted by atomic mass is 35.5. The third-order valence-electron chi connectivity index (χ3n) is 5.79. The van der Waals surface area contributed by atoms with E-state index in [0.717, 1.165) is 45.3 Å². The SMILES string of the molecule is CC1(CNC(=O)C2CC(=O)N(C3CCCC3)C2)CCNCC1.Cl. The zero-order chi connectivity index (χ0) is 15.6. The van der Waals surface area contributed by atoms with Crippen LogP contribution in [0.1, 0.15) is 51.9 Å². The molecule has 2 amide bonds. The normalized spacial score (nSPS) is 27.8. The monoisotopic (exact) mass is 343 g/mol. The maximum absolute atomic E-state index is 12.4. The van der Waals surface area contributed by atoms with Crippen molar-refractivity contribution in [3.8, 4) is 0 Å². The van der Waals surface area contributed by atoms with Gasteiger partial charge in [-0.1, -0.05) is 19.8 Å². The molecule has 0 aromatic rings. The Labute approximate surface area is 145 Å². The highest BCUT2D eigenvalue weighted by molar-refractivity contribution is 5.89. The molecule has 23 heavy (non-hydrogen) atoms. The summed E-state index contributed by atoms with van der Waals surface area (Å²) in [5, 5.41) is 6.48. The summed E-state index contributed by atoms with van der Waals surface area (Å²) in [6, 6.07) is 0.396. The quantitative estimate of drug-likeness (QED) is 0.816. The van der Waals surface area contributed by atoms with Crippen LogP contribution in [0.5, 0.6) is 0 Å². The second-order valence-corrected chi connectivity index (χ2v) is 7.66. The van der Waals surface area contributed by atoms with Crippen LogP contribution < -0.4 is 10.6 Å². The first-order valence-corrected chi connectivity index (χ1v) is 8.85. The number of rotatable bonds is 4. The predicted molar refractivity (Wildman–Crippen MR) is 92.5 cm³/mol. The zero-order valence-corrected chi connectivity index (χ0v) is 14.9. The van der Waals surface area contributed by atoms with E-state index in [1.54, 1.807) is 0 Å². The fraction of sp³-hybridized carbons (Fsp3) is 0.882. The minimum atomic E-state index is -0.140. The van der Waals surface area contributed by atoms with E-state index in [1.165, 1.54) is 12.8 Å². The minimum absolute atomic E-state index is 0. The molecule has 132 valence electrons. The third-order valence-corrected chi connectivity index (χ3v) is 5.79. The highest BCUT2D eigenvalue weighted by Crippen LogP contribution is 2.30. The van der Waals surface area contributed by atoms with Crippen molar-refractivity contribution in [3.05, 3.63) is 0 Å². The fourth-order valence-corrected chi connectivity index (χ4v) is 4.13. The Morgan fingerprint density at radius 2 is 1.96 bits per heavy atom. The lowest BCUT2D eigenvalue weighted by atomic mass is 9.81. The van der Waals surface area contributed by atoms with Gasteiger partial charge < -0.3 is 15.5 Å². The molecule has 0 bridgehead atoms. The Morgan fingerprint density at radius 1 is 1.30 bits per heavy atom. The molecule has 3 fully saturated rings. The van der Waals surface area contributed by atoms with Gasteiger partial charge in [0.1, 0.15) is 0 Å². The van der Waals surface area contributed by atoms with Crippen molar-refractivity contribution in [1.29, 1.82) is 0 Å². The largest absolute Gasteiger partial charge is 0.355 e. The second kappa shape index (κ2) is 7.84. The Balaban J connectivity index is 0.00000192. The van der Waals surface area contributed by atoms with E-state index >= 15 is 0 Å². The fourth-order valence-electron chi connectivity index (χ4n) is 4.13. The first kappa shape index (κ1) is 18.5. The molecule has 1 unspecified atom stereocenters. The van der Waals surface area contributed by atoms with E-state index in [-0.39, 0.29) is 35.6 Å². The summed E-state index contributed by atoms with van der Waals surface area (Å²) in [5.41, 5.74) is 0.203. The van der Waals surface area contributed by atoms with Crippen molar-refractivity contribution in [2.45, 2.75) is 57.9 Å². The van der Waals surface area contributed by atoms with Gasteiger partial charge in [0, 0.05) is 25.6 Å². The molecule has 2 heterocycles. The first-order chi connectivity index (χ1) is 10.6. The van der Waals surface area contributed by atoms with Gasteiger partial charge in [0.25, 0.3) is 0 Å². The number of nitrogens with one attached hydrogen (secondary N) is 2. The molecular formula is C17H30ClN3O2. The van der Waals surface area contributed by atoms with E-state index in [9.17, 15) is 9.59 Å². The number of hydrogen-bond donors (Lipinski definition) is 2. The van der Waals surface area contributed by atoms with Gasteiger partial charge >= 0.3 is 0 Å². The molecule has 0 spiro atoms. The number of likely N-dealkylation sites (tertiary alicyclic amines) is 1. The molecule has 2 aliphatic heterocycles. The number of carbonyl (C=O) groups excluding carboxylic acids is 2. The van der Waals surface area contributed by atoms with Crippen LogP contribution in [0.25, 0.3) is 0 Å². The maximum Gasteiger partial charge on any atom is 0.225 e. The minimum Gasteiger partial charge on any atom is -0.355 e. The molecule has 1 atom stereocenters. The maximum atomic E-state index is 12.4. The lowest BCUT2D eigenvalue weighted by Crippen LogP contribution is -2.44. The molecule has 6 heteroatoms. The van der Waals surface area contributed by atoms with Crippen molar-refractivity contribution in [1.82, 2.24) is 15.5 Å². The molecule has 0 aromatic heterocycles. The van der Waals surface area contributed by atoms with Gasteiger partial charge in [-0.3, -0.25) is 9.59 Å².